The van der Waals surface area contributed by atoms with E-state index in [1.165, 1.54) is 11.1 Å². The molecule has 19 heavy (non-hydrogen) atoms. The number of hydrogen-bond acceptors (Lipinski definition) is 4. The van der Waals surface area contributed by atoms with Crippen LogP contribution in [0.4, 0.5) is 5.13 Å². The fraction of sp³-hybridized carbons (Fsp3) is 0.400. The lowest BCUT2D eigenvalue weighted by molar-refractivity contribution is 0.250. The van der Waals surface area contributed by atoms with E-state index in [1.807, 2.05) is 6.20 Å². The van der Waals surface area contributed by atoms with E-state index >= 15 is 0 Å². The minimum Gasteiger partial charge on any atom is -0.346 e. The average molecular weight is 273 g/mol. The van der Waals surface area contributed by atoms with Crippen molar-refractivity contribution in [2.45, 2.75) is 13.5 Å². The molecule has 2 aromatic rings. The summed E-state index contributed by atoms with van der Waals surface area (Å²) < 4.78 is 0. The quantitative estimate of drug-likeness (QED) is 0.857. The lowest BCUT2D eigenvalue weighted by Gasteiger charge is -2.34. The second kappa shape index (κ2) is 5.72. The van der Waals surface area contributed by atoms with Crippen molar-refractivity contribution in [2.24, 2.45) is 0 Å². The number of piperazine rings is 1. The summed E-state index contributed by atoms with van der Waals surface area (Å²) in [6.07, 6.45) is 1.89. The van der Waals surface area contributed by atoms with Crippen LogP contribution in [-0.2, 0) is 6.54 Å². The Balaban J connectivity index is 1.56. The summed E-state index contributed by atoms with van der Waals surface area (Å²) in [5.41, 5.74) is 2.77. The van der Waals surface area contributed by atoms with Gasteiger partial charge in [0.15, 0.2) is 5.13 Å². The van der Waals surface area contributed by atoms with E-state index in [2.05, 4.69) is 51.4 Å². The van der Waals surface area contributed by atoms with Crippen LogP contribution < -0.4 is 4.90 Å². The van der Waals surface area contributed by atoms with Gasteiger partial charge < -0.3 is 4.90 Å². The first-order valence-corrected chi connectivity index (χ1v) is 7.61. The Kier molecular flexibility index (Phi) is 3.80. The van der Waals surface area contributed by atoms with Gasteiger partial charge >= 0.3 is 0 Å². The Morgan fingerprint density at radius 3 is 2.74 bits per heavy atom. The molecule has 1 fully saturated rings. The molecule has 2 heterocycles. The topological polar surface area (TPSA) is 19.4 Å². The molecule has 1 aliphatic heterocycles. The maximum atomic E-state index is 4.39. The molecule has 0 radical (unpaired) electrons. The van der Waals surface area contributed by atoms with E-state index in [1.54, 1.807) is 11.3 Å². The molecule has 0 aliphatic carbocycles. The number of nitrogens with zero attached hydrogens (tertiary/aromatic N) is 3. The van der Waals surface area contributed by atoms with Crippen LogP contribution in [-0.4, -0.2) is 36.1 Å². The van der Waals surface area contributed by atoms with Crippen molar-refractivity contribution < 1.29 is 0 Å². The molecule has 4 heteroatoms. The van der Waals surface area contributed by atoms with Gasteiger partial charge in [-0.3, -0.25) is 4.90 Å². The Hall–Kier alpha value is -1.39. The molecular weight excluding hydrogens is 254 g/mol. The van der Waals surface area contributed by atoms with Gasteiger partial charge in [-0.15, -0.1) is 11.3 Å². The maximum absolute atomic E-state index is 4.39. The molecule has 0 atom stereocenters. The van der Waals surface area contributed by atoms with E-state index in [4.69, 9.17) is 0 Å². The van der Waals surface area contributed by atoms with Gasteiger partial charge in [-0.25, -0.2) is 4.98 Å². The Morgan fingerprint density at radius 2 is 2.05 bits per heavy atom. The molecule has 0 unspecified atom stereocenters. The largest absolute Gasteiger partial charge is 0.346 e. The van der Waals surface area contributed by atoms with Gasteiger partial charge in [0.05, 0.1) is 0 Å². The molecule has 100 valence electrons. The standard InChI is InChI=1S/C15H19N3S/c1-13-3-2-4-14(11-13)12-17-6-8-18(9-7-17)15-16-5-10-19-15/h2-5,10-11H,6-9,12H2,1H3. The molecule has 1 aliphatic rings. The third-order valence-corrected chi connectivity index (χ3v) is 4.38. The molecule has 0 saturated carbocycles. The first-order valence-electron chi connectivity index (χ1n) is 6.73. The molecular formula is C15H19N3S. The zero-order valence-corrected chi connectivity index (χ0v) is 12.1. The zero-order valence-electron chi connectivity index (χ0n) is 11.2. The number of anilines is 1. The summed E-state index contributed by atoms with van der Waals surface area (Å²) in [7, 11) is 0. The molecule has 0 spiro atoms. The summed E-state index contributed by atoms with van der Waals surface area (Å²) in [6, 6.07) is 8.81. The van der Waals surface area contributed by atoms with Crippen LogP contribution in [0.2, 0.25) is 0 Å². The Bertz CT molecular complexity index is 516. The molecule has 3 rings (SSSR count). The average Bonchev–Trinajstić information content (AvgIpc) is 2.94. The normalized spacial score (nSPS) is 16.8. The van der Waals surface area contributed by atoms with Crippen LogP contribution in [0.15, 0.2) is 35.8 Å². The van der Waals surface area contributed by atoms with Gasteiger partial charge in [0.2, 0.25) is 0 Å². The Labute approximate surface area is 118 Å². The van der Waals surface area contributed by atoms with E-state index in [-0.39, 0.29) is 0 Å². The monoisotopic (exact) mass is 273 g/mol. The van der Waals surface area contributed by atoms with E-state index in [9.17, 15) is 0 Å². The summed E-state index contributed by atoms with van der Waals surface area (Å²) in [6.45, 7) is 7.62. The summed E-state index contributed by atoms with van der Waals surface area (Å²) in [4.78, 5) is 9.30. The fourth-order valence-corrected chi connectivity index (χ4v) is 3.23. The van der Waals surface area contributed by atoms with Gasteiger partial charge in [-0.2, -0.15) is 0 Å². The molecule has 0 N–H and O–H groups in total. The van der Waals surface area contributed by atoms with Crippen LogP contribution >= 0.6 is 11.3 Å². The molecule has 1 aromatic carbocycles. The minimum absolute atomic E-state index is 1.06. The van der Waals surface area contributed by atoms with Crippen LogP contribution in [0.3, 0.4) is 0 Å². The predicted molar refractivity (Wildman–Crippen MR) is 80.8 cm³/mol. The zero-order chi connectivity index (χ0) is 13.1. The highest BCUT2D eigenvalue weighted by Gasteiger charge is 2.18. The van der Waals surface area contributed by atoms with Gasteiger partial charge in [0.25, 0.3) is 0 Å². The van der Waals surface area contributed by atoms with E-state index in [0.717, 1.165) is 37.9 Å². The lowest BCUT2D eigenvalue weighted by atomic mass is 10.1. The highest BCUT2D eigenvalue weighted by molar-refractivity contribution is 7.13. The predicted octanol–water partition coefficient (Wildman–Crippen LogP) is 2.77. The van der Waals surface area contributed by atoms with Crippen molar-refractivity contribution in [3.05, 3.63) is 47.0 Å². The van der Waals surface area contributed by atoms with Crippen molar-refractivity contribution in [3.8, 4) is 0 Å². The molecule has 3 nitrogen and oxygen atoms in total. The minimum atomic E-state index is 1.06. The van der Waals surface area contributed by atoms with Gasteiger partial charge in [-0.1, -0.05) is 29.8 Å². The van der Waals surface area contributed by atoms with Crippen LogP contribution in [0.25, 0.3) is 0 Å². The molecule has 0 amide bonds. The SMILES string of the molecule is Cc1cccc(CN2CCN(c3nccs3)CC2)c1. The number of benzene rings is 1. The van der Waals surface area contributed by atoms with Gasteiger partial charge in [0, 0.05) is 44.3 Å². The van der Waals surface area contributed by atoms with Gasteiger partial charge in [0.1, 0.15) is 0 Å². The van der Waals surface area contributed by atoms with E-state index < -0.39 is 0 Å². The number of rotatable bonds is 3. The van der Waals surface area contributed by atoms with Crippen molar-refractivity contribution in [3.63, 3.8) is 0 Å². The van der Waals surface area contributed by atoms with Crippen molar-refractivity contribution in [2.75, 3.05) is 31.1 Å². The first kappa shape index (κ1) is 12.6. The number of aromatic nitrogens is 1. The summed E-state index contributed by atoms with van der Waals surface area (Å²) >= 11 is 1.73. The summed E-state index contributed by atoms with van der Waals surface area (Å²) in [5, 5.41) is 3.21. The highest BCUT2D eigenvalue weighted by atomic mass is 32.1. The molecule has 0 bridgehead atoms. The number of thiazole rings is 1. The Morgan fingerprint density at radius 1 is 1.21 bits per heavy atom. The second-order valence-electron chi connectivity index (χ2n) is 5.07. The van der Waals surface area contributed by atoms with Crippen LogP contribution in [0, 0.1) is 6.92 Å². The lowest BCUT2D eigenvalue weighted by Crippen LogP contribution is -2.45. The molecule has 1 aromatic heterocycles. The highest BCUT2D eigenvalue weighted by Crippen LogP contribution is 2.19. The first-order chi connectivity index (χ1) is 9.31. The van der Waals surface area contributed by atoms with Crippen molar-refractivity contribution in [1.29, 1.82) is 0 Å². The van der Waals surface area contributed by atoms with Crippen LogP contribution in [0.1, 0.15) is 11.1 Å². The molecule has 1 saturated heterocycles. The third-order valence-electron chi connectivity index (χ3n) is 3.55. The van der Waals surface area contributed by atoms with Crippen molar-refractivity contribution >= 4 is 16.5 Å². The summed E-state index contributed by atoms with van der Waals surface area (Å²) in [5.74, 6) is 0. The van der Waals surface area contributed by atoms with Crippen LogP contribution in [0.5, 0.6) is 0 Å². The maximum Gasteiger partial charge on any atom is 0.185 e. The third kappa shape index (κ3) is 3.14. The smallest absolute Gasteiger partial charge is 0.185 e. The number of aryl methyl sites for hydroxylation is 1. The van der Waals surface area contributed by atoms with E-state index in [0.29, 0.717) is 0 Å². The second-order valence-corrected chi connectivity index (χ2v) is 5.94. The fourth-order valence-electron chi connectivity index (χ4n) is 2.54. The number of hydrogen-bond donors (Lipinski definition) is 0. The van der Waals surface area contributed by atoms with Crippen molar-refractivity contribution in [1.82, 2.24) is 9.88 Å². The van der Waals surface area contributed by atoms with Gasteiger partial charge in [-0.05, 0) is 12.5 Å².